The number of rotatable bonds is 10. The number of hydrogen-bond donors (Lipinski definition) is 2. The van der Waals surface area contributed by atoms with Crippen LogP contribution in [-0.2, 0) is 28.6 Å². The van der Waals surface area contributed by atoms with Gasteiger partial charge in [0.1, 0.15) is 11.4 Å². The van der Waals surface area contributed by atoms with Crippen molar-refractivity contribution in [2.75, 3.05) is 37.7 Å². The Bertz CT molecular complexity index is 1260. The van der Waals surface area contributed by atoms with Gasteiger partial charge in [0.15, 0.2) is 0 Å². The number of nitrogens with one attached hydrogen (secondary N) is 1. The molecule has 1 aromatic carbocycles. The smallest absolute Gasteiger partial charge is 0.433 e. The highest BCUT2D eigenvalue weighted by Crippen LogP contribution is 2.37. The van der Waals surface area contributed by atoms with Crippen molar-refractivity contribution in [3.8, 4) is 5.75 Å². The Morgan fingerprint density at radius 1 is 1.12 bits per heavy atom. The zero-order valence-corrected chi connectivity index (χ0v) is 23.5. The minimum Gasteiger partial charge on any atom is -0.494 e. The van der Waals surface area contributed by atoms with E-state index < -0.39 is 23.7 Å². The molecule has 8 nitrogen and oxygen atoms in total. The molecule has 1 fully saturated rings. The Morgan fingerprint density at radius 3 is 2.46 bits per heavy atom. The van der Waals surface area contributed by atoms with E-state index in [1.54, 1.807) is 10.4 Å². The first-order valence-electron chi connectivity index (χ1n) is 14.1. The van der Waals surface area contributed by atoms with E-state index in [2.05, 4.69) is 4.98 Å². The molecule has 41 heavy (non-hydrogen) atoms. The van der Waals surface area contributed by atoms with Crippen LogP contribution in [0, 0.1) is 5.92 Å². The van der Waals surface area contributed by atoms with Crippen LogP contribution in [0.15, 0.2) is 35.9 Å². The Kier molecular flexibility index (Phi) is 9.90. The van der Waals surface area contributed by atoms with Crippen molar-refractivity contribution in [2.45, 2.75) is 58.5 Å². The Hall–Kier alpha value is -3.60. The van der Waals surface area contributed by atoms with Crippen LogP contribution >= 0.6 is 0 Å². The minimum atomic E-state index is -4.55. The Balaban J connectivity index is 1.42. The van der Waals surface area contributed by atoms with Crippen LogP contribution in [0.3, 0.4) is 0 Å². The highest BCUT2D eigenvalue weighted by molar-refractivity contribution is 5.85. The van der Waals surface area contributed by atoms with E-state index >= 15 is 0 Å². The van der Waals surface area contributed by atoms with Gasteiger partial charge in [-0.05, 0) is 69.7 Å². The number of carbonyl (C=O) groups excluding carboxylic acids is 2. The highest BCUT2D eigenvalue weighted by Gasteiger charge is 2.36. The molecule has 1 saturated heterocycles. The number of benzene rings is 1. The van der Waals surface area contributed by atoms with Gasteiger partial charge in [0.2, 0.25) is 11.8 Å². The second-order valence-corrected chi connectivity index (χ2v) is 10.6. The Labute approximate surface area is 238 Å². The van der Waals surface area contributed by atoms with Crippen LogP contribution in [0.25, 0.3) is 6.08 Å². The normalized spacial score (nSPS) is 16.1. The number of halogens is 3. The predicted molar refractivity (Wildman–Crippen MR) is 149 cm³/mol. The molecule has 2 aromatic rings. The number of aromatic nitrogens is 1. The van der Waals surface area contributed by atoms with Crippen molar-refractivity contribution in [1.82, 2.24) is 15.4 Å². The standard InChI is InChI=1S/C30H37F3N4O4/c1-3-41-23-10-8-21(9-11-23)5-4-6-22(18-28(38)35-40)29(39)37-15-13-36(14-16-37)26-19-27(30(31,32)33)34-25-12-7-20(2)17-24(25)26/h8-11,17,19,22,40H,3-7,12-16,18H2,1-2H3,(H,35,38)/t22-/m1/s1. The molecular weight excluding hydrogens is 537 g/mol. The van der Waals surface area contributed by atoms with Crippen LogP contribution in [0.1, 0.15) is 62.0 Å². The molecule has 2 N–H and O–H groups in total. The number of allylic oxidation sites excluding steroid dienone is 1. The summed E-state index contributed by atoms with van der Waals surface area (Å²) in [5.74, 6) is -0.652. The van der Waals surface area contributed by atoms with E-state index in [1.165, 1.54) is 0 Å². The van der Waals surface area contributed by atoms with Crippen molar-refractivity contribution in [2.24, 2.45) is 5.92 Å². The van der Waals surface area contributed by atoms with Crippen LogP contribution in [-0.4, -0.2) is 59.7 Å². The summed E-state index contributed by atoms with van der Waals surface area (Å²) in [4.78, 5) is 32.9. The number of anilines is 1. The van der Waals surface area contributed by atoms with Crippen molar-refractivity contribution < 1.29 is 32.7 Å². The van der Waals surface area contributed by atoms with Gasteiger partial charge >= 0.3 is 6.18 Å². The van der Waals surface area contributed by atoms with Crippen molar-refractivity contribution in [3.63, 3.8) is 0 Å². The molecule has 222 valence electrons. The molecule has 0 unspecified atom stereocenters. The third kappa shape index (κ3) is 7.78. The average molecular weight is 575 g/mol. The van der Waals surface area contributed by atoms with Gasteiger partial charge in [-0.1, -0.05) is 23.8 Å². The van der Waals surface area contributed by atoms with Crippen molar-refractivity contribution in [1.29, 1.82) is 0 Å². The van der Waals surface area contributed by atoms with Gasteiger partial charge in [-0.2, -0.15) is 13.2 Å². The SMILES string of the molecule is CCOc1ccc(CCC[C@H](CC(=O)NO)C(=O)N2CCN(c3cc(C(F)(F)F)nc4c3C=C(C)CC4)CC2)cc1. The average Bonchev–Trinajstić information content (AvgIpc) is 2.96. The number of aryl methyl sites for hydroxylation is 2. The summed E-state index contributed by atoms with van der Waals surface area (Å²) in [6, 6.07) is 8.85. The number of hydrogen-bond acceptors (Lipinski definition) is 6. The summed E-state index contributed by atoms with van der Waals surface area (Å²) in [6.45, 7) is 5.81. The molecular formula is C30H37F3N4O4. The lowest BCUT2D eigenvalue weighted by Crippen LogP contribution is -2.51. The molecule has 0 bridgehead atoms. The minimum absolute atomic E-state index is 0.143. The molecule has 1 aliphatic heterocycles. The number of fused-ring (bicyclic) bond motifs is 1. The van der Waals surface area contributed by atoms with E-state index in [0.29, 0.717) is 81.8 Å². The molecule has 4 rings (SSSR count). The molecule has 1 atom stereocenters. The number of alkyl halides is 3. The lowest BCUT2D eigenvalue weighted by Gasteiger charge is -2.39. The largest absolute Gasteiger partial charge is 0.494 e. The Morgan fingerprint density at radius 2 is 1.83 bits per heavy atom. The molecule has 1 aliphatic carbocycles. The van der Waals surface area contributed by atoms with Crippen LogP contribution in [0.5, 0.6) is 5.75 Å². The molecule has 2 aliphatic rings. The van der Waals surface area contributed by atoms with Gasteiger partial charge in [0.25, 0.3) is 0 Å². The summed E-state index contributed by atoms with van der Waals surface area (Å²) in [5, 5.41) is 9.07. The third-order valence-electron chi connectivity index (χ3n) is 7.64. The fourth-order valence-corrected chi connectivity index (χ4v) is 5.46. The molecule has 0 spiro atoms. The van der Waals surface area contributed by atoms with Gasteiger partial charge in [-0.25, -0.2) is 10.5 Å². The van der Waals surface area contributed by atoms with Gasteiger partial charge in [0, 0.05) is 49.8 Å². The fraction of sp³-hybridized carbons (Fsp3) is 0.500. The monoisotopic (exact) mass is 574 g/mol. The molecule has 11 heteroatoms. The maximum Gasteiger partial charge on any atom is 0.433 e. The molecule has 2 heterocycles. The van der Waals surface area contributed by atoms with Crippen LogP contribution < -0.4 is 15.1 Å². The van der Waals surface area contributed by atoms with E-state index in [1.807, 2.05) is 49.1 Å². The van der Waals surface area contributed by atoms with Gasteiger partial charge in [0.05, 0.1) is 12.3 Å². The van der Waals surface area contributed by atoms with Crippen LogP contribution in [0.4, 0.5) is 18.9 Å². The number of pyridine rings is 1. The number of carbonyl (C=O) groups is 2. The summed E-state index contributed by atoms with van der Waals surface area (Å²) < 4.78 is 46.3. The number of hydroxylamine groups is 1. The molecule has 1 aromatic heterocycles. The van der Waals surface area contributed by atoms with Gasteiger partial charge in [-0.15, -0.1) is 0 Å². The van der Waals surface area contributed by atoms with Gasteiger partial charge in [-0.3, -0.25) is 14.8 Å². The van der Waals surface area contributed by atoms with E-state index in [-0.39, 0.29) is 12.3 Å². The van der Waals surface area contributed by atoms with Crippen molar-refractivity contribution >= 4 is 23.6 Å². The summed E-state index contributed by atoms with van der Waals surface area (Å²) in [7, 11) is 0. The topological polar surface area (TPSA) is 95.0 Å². The second kappa shape index (κ2) is 13.4. The summed E-state index contributed by atoms with van der Waals surface area (Å²) in [6.07, 6.45) is 0.176. The molecule has 0 saturated carbocycles. The van der Waals surface area contributed by atoms with E-state index in [4.69, 9.17) is 9.94 Å². The number of amides is 2. The summed E-state index contributed by atoms with van der Waals surface area (Å²) in [5.41, 5.74) is 4.54. The zero-order valence-electron chi connectivity index (χ0n) is 23.5. The first-order valence-corrected chi connectivity index (χ1v) is 14.1. The van der Waals surface area contributed by atoms with E-state index in [0.717, 1.165) is 23.0 Å². The number of nitrogens with zero attached hydrogens (tertiary/aromatic N) is 3. The molecule has 0 radical (unpaired) electrons. The lowest BCUT2D eigenvalue weighted by atomic mass is 9.94. The quantitative estimate of drug-likeness (QED) is 0.305. The highest BCUT2D eigenvalue weighted by atomic mass is 19.4. The maximum absolute atomic E-state index is 13.6. The number of piperazine rings is 1. The second-order valence-electron chi connectivity index (χ2n) is 10.6. The lowest BCUT2D eigenvalue weighted by molar-refractivity contribution is -0.141. The third-order valence-corrected chi connectivity index (χ3v) is 7.64. The predicted octanol–water partition coefficient (Wildman–Crippen LogP) is 5.03. The van der Waals surface area contributed by atoms with Crippen LogP contribution in [0.2, 0.25) is 0 Å². The van der Waals surface area contributed by atoms with Gasteiger partial charge < -0.3 is 14.5 Å². The molecule has 2 amide bonds. The zero-order chi connectivity index (χ0) is 29.6. The first kappa shape index (κ1) is 30.4. The first-order chi connectivity index (χ1) is 19.6. The summed E-state index contributed by atoms with van der Waals surface area (Å²) >= 11 is 0. The fourth-order valence-electron chi connectivity index (χ4n) is 5.46. The van der Waals surface area contributed by atoms with Crippen molar-refractivity contribution in [3.05, 3.63) is 58.4 Å². The van der Waals surface area contributed by atoms with E-state index in [9.17, 15) is 22.8 Å². The maximum atomic E-state index is 13.6. The number of ether oxygens (including phenoxy) is 1.